The normalized spacial score (nSPS) is 20.2. The molecule has 0 radical (unpaired) electrons. The zero-order valence-corrected chi connectivity index (χ0v) is 12.8. The number of thioether (sulfide) groups is 1. The van der Waals surface area contributed by atoms with Crippen molar-refractivity contribution in [2.24, 2.45) is 10.2 Å². The molecule has 0 spiro atoms. The van der Waals surface area contributed by atoms with Gasteiger partial charge in [0.2, 0.25) is 5.91 Å². The number of anilines is 1. The Morgan fingerprint density at radius 2 is 2.10 bits per heavy atom. The fraction of sp³-hybridized carbons (Fsp3) is 0.357. The highest BCUT2D eigenvalue weighted by atomic mass is 32.2. The first-order valence-corrected chi connectivity index (χ1v) is 7.45. The number of carbonyl (C=O) groups excluding carboxylic acids is 1. The number of nitrogens with one attached hydrogen (secondary N) is 1. The maximum atomic E-state index is 11.5. The van der Waals surface area contributed by atoms with Crippen LogP contribution in [-0.4, -0.2) is 48.3 Å². The quantitative estimate of drug-likeness (QED) is 0.630. The molecule has 1 heterocycles. The van der Waals surface area contributed by atoms with Crippen molar-refractivity contribution in [3.8, 4) is 0 Å². The second kappa shape index (κ2) is 7.24. The number of carbonyl (C=O) groups is 1. The van der Waals surface area contributed by atoms with Crippen molar-refractivity contribution in [3.63, 3.8) is 0 Å². The lowest BCUT2D eigenvalue weighted by Gasteiger charge is -2.11. The lowest BCUT2D eigenvalue weighted by atomic mass is 10.2. The summed E-state index contributed by atoms with van der Waals surface area (Å²) in [6.07, 6.45) is 2.06. The molecule has 1 aromatic rings. The van der Waals surface area contributed by atoms with E-state index in [0.29, 0.717) is 11.6 Å². The van der Waals surface area contributed by atoms with Crippen LogP contribution < -0.4 is 10.2 Å². The molecule has 112 valence electrons. The van der Waals surface area contributed by atoms with E-state index in [4.69, 9.17) is 5.11 Å². The molecule has 0 aliphatic carbocycles. The second-order valence-electron chi connectivity index (χ2n) is 4.74. The van der Waals surface area contributed by atoms with Gasteiger partial charge in [-0.1, -0.05) is 23.9 Å². The number of rotatable bonds is 5. The Morgan fingerprint density at radius 3 is 2.71 bits per heavy atom. The minimum Gasteiger partial charge on any atom is -0.396 e. The summed E-state index contributed by atoms with van der Waals surface area (Å²) in [5, 5.41) is 19.7. The SMILES string of the molecule is CN(C)c1ccc(/C=N\N=C2/NC(=O)C(CCO)S2)cc1. The summed E-state index contributed by atoms with van der Waals surface area (Å²) >= 11 is 1.29. The molecule has 1 fully saturated rings. The first-order chi connectivity index (χ1) is 10.1. The van der Waals surface area contributed by atoms with Crippen LogP contribution >= 0.6 is 11.8 Å². The molecule has 1 unspecified atom stereocenters. The summed E-state index contributed by atoms with van der Waals surface area (Å²) in [5.74, 6) is -0.127. The van der Waals surface area contributed by atoms with Crippen molar-refractivity contribution in [2.75, 3.05) is 25.6 Å². The number of nitrogens with zero attached hydrogens (tertiary/aromatic N) is 3. The van der Waals surface area contributed by atoms with E-state index in [1.165, 1.54) is 11.8 Å². The maximum Gasteiger partial charge on any atom is 0.239 e. The molecule has 1 aliphatic rings. The Balaban J connectivity index is 1.96. The monoisotopic (exact) mass is 306 g/mol. The van der Waals surface area contributed by atoms with Gasteiger partial charge in [-0.05, 0) is 24.1 Å². The van der Waals surface area contributed by atoms with Crippen LogP contribution in [0.4, 0.5) is 5.69 Å². The molecule has 1 saturated heterocycles. The van der Waals surface area contributed by atoms with Gasteiger partial charge in [0.25, 0.3) is 0 Å². The largest absolute Gasteiger partial charge is 0.396 e. The van der Waals surface area contributed by atoms with Gasteiger partial charge in [0, 0.05) is 26.4 Å². The average Bonchev–Trinajstić information content (AvgIpc) is 2.80. The van der Waals surface area contributed by atoms with Gasteiger partial charge in [0.15, 0.2) is 5.17 Å². The van der Waals surface area contributed by atoms with Crippen molar-refractivity contribution < 1.29 is 9.90 Å². The first kappa shape index (κ1) is 15.5. The molecule has 1 amide bonds. The van der Waals surface area contributed by atoms with Crippen molar-refractivity contribution in [1.29, 1.82) is 0 Å². The first-order valence-electron chi connectivity index (χ1n) is 6.57. The highest BCUT2D eigenvalue weighted by Crippen LogP contribution is 2.21. The zero-order valence-electron chi connectivity index (χ0n) is 12.0. The standard InChI is InChI=1S/C14H18N4O2S/c1-18(2)11-5-3-10(4-6-11)9-15-17-14-16-13(20)12(21-14)7-8-19/h3-6,9,12,19H,7-8H2,1-2H3,(H,16,17,20)/b15-9-. The topological polar surface area (TPSA) is 77.3 Å². The molecule has 1 aromatic carbocycles. The number of hydrogen-bond donors (Lipinski definition) is 2. The number of amidine groups is 1. The number of amides is 1. The molecule has 0 bridgehead atoms. The summed E-state index contributed by atoms with van der Waals surface area (Å²) in [7, 11) is 3.97. The Bertz CT molecular complexity index is 555. The van der Waals surface area contributed by atoms with Gasteiger partial charge >= 0.3 is 0 Å². The van der Waals surface area contributed by atoms with E-state index >= 15 is 0 Å². The number of hydrogen-bond acceptors (Lipinski definition) is 6. The van der Waals surface area contributed by atoms with Crippen LogP contribution in [0.15, 0.2) is 34.5 Å². The van der Waals surface area contributed by atoms with E-state index in [1.54, 1.807) is 6.21 Å². The summed E-state index contributed by atoms with van der Waals surface area (Å²) in [5.41, 5.74) is 2.05. The van der Waals surface area contributed by atoms with E-state index in [9.17, 15) is 4.79 Å². The molecular weight excluding hydrogens is 288 g/mol. The van der Waals surface area contributed by atoms with Crippen LogP contribution in [0, 0.1) is 0 Å². The van der Waals surface area contributed by atoms with E-state index < -0.39 is 0 Å². The lowest BCUT2D eigenvalue weighted by molar-refractivity contribution is -0.119. The Morgan fingerprint density at radius 1 is 1.38 bits per heavy atom. The van der Waals surface area contributed by atoms with Crippen molar-refractivity contribution >= 4 is 34.7 Å². The van der Waals surface area contributed by atoms with Crippen molar-refractivity contribution in [2.45, 2.75) is 11.7 Å². The maximum absolute atomic E-state index is 11.5. The molecule has 2 N–H and O–H groups in total. The van der Waals surface area contributed by atoms with Crippen LogP contribution in [0.2, 0.25) is 0 Å². The molecular formula is C14H18N4O2S. The van der Waals surface area contributed by atoms with Crippen LogP contribution in [0.3, 0.4) is 0 Å². The minimum atomic E-state index is -0.275. The fourth-order valence-corrected chi connectivity index (χ4v) is 2.68. The number of benzene rings is 1. The van der Waals surface area contributed by atoms with Crippen LogP contribution in [0.1, 0.15) is 12.0 Å². The van der Waals surface area contributed by atoms with Crippen LogP contribution in [0.5, 0.6) is 0 Å². The van der Waals surface area contributed by atoms with Crippen molar-refractivity contribution in [3.05, 3.63) is 29.8 Å². The minimum absolute atomic E-state index is 0.0140. The third kappa shape index (κ3) is 4.30. The predicted molar refractivity (Wildman–Crippen MR) is 87.0 cm³/mol. The van der Waals surface area contributed by atoms with E-state index in [0.717, 1.165) is 11.3 Å². The fourth-order valence-electron chi connectivity index (χ4n) is 1.77. The molecule has 0 saturated carbocycles. The Hall–Kier alpha value is -1.86. The van der Waals surface area contributed by atoms with E-state index in [2.05, 4.69) is 15.5 Å². The number of aliphatic hydroxyl groups is 1. The molecule has 2 rings (SSSR count). The van der Waals surface area contributed by atoms with E-state index in [-0.39, 0.29) is 17.8 Å². The molecule has 0 aromatic heterocycles. The van der Waals surface area contributed by atoms with Crippen molar-refractivity contribution in [1.82, 2.24) is 5.32 Å². The molecule has 1 aliphatic heterocycles. The molecule has 21 heavy (non-hydrogen) atoms. The van der Waals surface area contributed by atoms with Gasteiger partial charge in [-0.3, -0.25) is 4.79 Å². The Labute approximate surface area is 127 Å². The lowest BCUT2D eigenvalue weighted by Crippen LogP contribution is -2.25. The molecule has 7 heteroatoms. The van der Waals surface area contributed by atoms with Gasteiger partial charge in [0.05, 0.1) is 11.5 Å². The van der Waals surface area contributed by atoms with Gasteiger partial charge in [-0.25, -0.2) is 0 Å². The Kier molecular flexibility index (Phi) is 5.35. The third-order valence-electron chi connectivity index (χ3n) is 2.93. The average molecular weight is 306 g/mol. The summed E-state index contributed by atoms with van der Waals surface area (Å²) < 4.78 is 0. The van der Waals surface area contributed by atoms with Gasteiger partial charge in [0.1, 0.15) is 0 Å². The van der Waals surface area contributed by atoms with E-state index in [1.807, 2.05) is 43.3 Å². The highest BCUT2D eigenvalue weighted by molar-refractivity contribution is 8.15. The van der Waals surface area contributed by atoms with Gasteiger partial charge in [-0.2, -0.15) is 5.10 Å². The number of aliphatic hydroxyl groups excluding tert-OH is 1. The predicted octanol–water partition coefficient (Wildman–Crippen LogP) is 1.06. The smallest absolute Gasteiger partial charge is 0.239 e. The van der Waals surface area contributed by atoms with Crippen LogP contribution in [-0.2, 0) is 4.79 Å². The van der Waals surface area contributed by atoms with Gasteiger partial charge in [-0.15, -0.1) is 5.10 Å². The molecule has 1 atom stereocenters. The second-order valence-corrected chi connectivity index (χ2v) is 5.94. The van der Waals surface area contributed by atoms with Crippen LogP contribution in [0.25, 0.3) is 0 Å². The highest BCUT2D eigenvalue weighted by Gasteiger charge is 2.29. The van der Waals surface area contributed by atoms with Gasteiger partial charge < -0.3 is 15.3 Å². The zero-order chi connectivity index (χ0) is 15.2. The summed E-state index contributed by atoms with van der Waals surface area (Å²) in [6, 6.07) is 7.90. The molecule has 6 nitrogen and oxygen atoms in total. The summed E-state index contributed by atoms with van der Waals surface area (Å²) in [4.78, 5) is 13.5. The summed E-state index contributed by atoms with van der Waals surface area (Å²) in [6.45, 7) is -0.0140. The third-order valence-corrected chi connectivity index (χ3v) is 4.07.